The van der Waals surface area contributed by atoms with E-state index >= 15 is 0 Å². The fourth-order valence-corrected chi connectivity index (χ4v) is 10.6. The second-order valence-electron chi connectivity index (χ2n) is 15.2. The molecule has 0 fully saturated rings. The number of hydrogen-bond donors (Lipinski definition) is 8. The molecule has 0 bridgehead atoms. The minimum atomic E-state index is -5.36. The molecule has 0 radical (unpaired) electrons. The summed E-state index contributed by atoms with van der Waals surface area (Å²) < 4.78 is 144. The first-order valence-electron chi connectivity index (χ1n) is 19.4. The Bertz CT molecular complexity index is 2930. The molecule has 0 aliphatic heterocycles. The average Bonchev–Trinajstić information content (AvgIpc) is 3.16. The molecule has 0 amide bonds. The van der Waals surface area contributed by atoms with E-state index in [1.165, 1.54) is 26.8 Å². The summed E-state index contributed by atoms with van der Waals surface area (Å²) >= 11 is 0. The first-order valence-corrected chi connectivity index (χ1v) is 25.7. The van der Waals surface area contributed by atoms with Gasteiger partial charge in [-0.2, -0.15) is 0 Å². The maximum Gasteiger partial charge on any atom is 1.00 e. The van der Waals surface area contributed by atoms with Gasteiger partial charge in [0.15, 0.2) is 0 Å². The van der Waals surface area contributed by atoms with Crippen molar-refractivity contribution >= 4 is 40.5 Å². The Hall–Kier alpha value is -1.08. The number of aryl methyl sites for hydroxylation is 1. The smallest absolute Gasteiger partial charge is 0.748 e. The minimum Gasteiger partial charge on any atom is -0.748 e. The number of phenols is 8. The van der Waals surface area contributed by atoms with Crippen molar-refractivity contribution in [2.45, 2.75) is 101 Å². The number of aromatic hydroxyl groups is 8. The zero-order valence-electron chi connectivity index (χ0n) is 38.6. The molecule has 0 saturated heterocycles. The van der Waals surface area contributed by atoms with E-state index in [1.54, 1.807) is 6.92 Å². The van der Waals surface area contributed by atoms with Gasteiger partial charge in [0.1, 0.15) is 46.0 Å². The van der Waals surface area contributed by atoms with Gasteiger partial charge in [-0.15, -0.1) is 0 Å². The fourth-order valence-electron chi connectivity index (χ4n) is 8.13. The van der Waals surface area contributed by atoms with Gasteiger partial charge in [-0.3, -0.25) is 0 Å². The molecule has 0 aliphatic rings. The van der Waals surface area contributed by atoms with Crippen LogP contribution in [0.5, 0.6) is 46.0 Å². The first-order chi connectivity index (χ1) is 29.4. The molecule has 4 rings (SSSR count). The van der Waals surface area contributed by atoms with Crippen molar-refractivity contribution in [1.82, 2.24) is 0 Å². The average molecular weight is 1070 g/mol. The standard InChI is InChI=1S/C40H50O20S4.4Na/c1-5-9-19-12-24(36(44)30(34(19)42)16-62(52,53)54)21(7-3)26-14-28(40(48)32(38(26)46)18-64(58,59)60)22(8-4)27-13-25(37(45)31(39(27)47)17-63(55,56)57)20(6-2)23-10-11-33(41)29(35(23)43)15-61(49,50)51;;;;/h10-14,20-22,41-48H,5-9,15-18H2,1-4H3,(H,49,50,51)(H,52,53,54)(H,55,56,57)(H,58,59,60);;;;/q;4*+1/p-4. The first kappa shape index (κ1) is 66.9. The summed E-state index contributed by atoms with van der Waals surface area (Å²) in [7, 11) is -21.0. The molecule has 8 N–H and O–H groups in total. The summed E-state index contributed by atoms with van der Waals surface area (Å²) in [4.78, 5) is 0. The molecule has 0 aliphatic carbocycles. The minimum absolute atomic E-state index is 0. The maximum atomic E-state index is 12.3. The monoisotopic (exact) mass is 1070 g/mol. The van der Waals surface area contributed by atoms with E-state index in [1.807, 2.05) is 0 Å². The van der Waals surface area contributed by atoms with Gasteiger partial charge in [-0.25, -0.2) is 33.7 Å². The van der Waals surface area contributed by atoms with Gasteiger partial charge in [-0.1, -0.05) is 40.2 Å². The van der Waals surface area contributed by atoms with Gasteiger partial charge in [-0.05, 0) is 55.5 Å². The predicted octanol–water partition coefficient (Wildman–Crippen LogP) is -7.89. The van der Waals surface area contributed by atoms with E-state index in [2.05, 4.69) is 0 Å². The number of rotatable bonds is 19. The van der Waals surface area contributed by atoms with E-state index in [0.717, 1.165) is 24.3 Å². The Morgan fingerprint density at radius 1 is 0.397 bits per heavy atom. The summed E-state index contributed by atoms with van der Waals surface area (Å²) in [5.74, 6) is -17.4. The number of phenolic OH excluding ortho intramolecular Hbond substituents is 8. The second kappa shape index (κ2) is 26.2. The van der Waals surface area contributed by atoms with Crippen LogP contribution in [-0.4, -0.2) is 92.7 Å². The van der Waals surface area contributed by atoms with Crippen molar-refractivity contribution in [3.63, 3.8) is 0 Å². The van der Waals surface area contributed by atoms with Crippen LogP contribution in [0.25, 0.3) is 0 Å². The molecule has 354 valence electrons. The molecule has 0 saturated carbocycles. The van der Waals surface area contributed by atoms with Gasteiger partial charge in [0.25, 0.3) is 0 Å². The molecule has 0 heterocycles. The fraction of sp³-hybridized carbons (Fsp3) is 0.400. The SMILES string of the molecule is CCCc1cc(C(CC)c2cc(C(CC)c3cc(C(CC)c4ccc(O)c(CS(=O)(=O)[O-])c4O)c(O)c(CS(=O)(=O)[O-])c3O)c(O)c(CS(=O)(=O)[O-])c2O)c(O)c(CS(=O)(=O)[O-])c1O.[Na+].[Na+].[Na+].[Na+]. The summed E-state index contributed by atoms with van der Waals surface area (Å²) in [6.07, 6.45) is -0.0588. The van der Waals surface area contributed by atoms with Crippen molar-refractivity contribution in [3.8, 4) is 46.0 Å². The molecule has 28 heteroatoms. The van der Waals surface area contributed by atoms with E-state index in [-0.39, 0.29) is 183 Å². The van der Waals surface area contributed by atoms with Crippen LogP contribution in [0.3, 0.4) is 0 Å². The van der Waals surface area contributed by atoms with Gasteiger partial charge >= 0.3 is 118 Å². The summed E-state index contributed by atoms with van der Waals surface area (Å²) in [5.41, 5.74) is -5.00. The summed E-state index contributed by atoms with van der Waals surface area (Å²) in [5, 5.41) is 90.6. The van der Waals surface area contributed by atoms with Gasteiger partial charge in [0.05, 0.1) is 80.2 Å². The summed E-state index contributed by atoms with van der Waals surface area (Å²) in [6, 6.07) is 5.42. The van der Waals surface area contributed by atoms with Gasteiger partial charge in [0.2, 0.25) is 0 Å². The van der Waals surface area contributed by atoms with Crippen LogP contribution in [0, 0.1) is 0 Å². The predicted molar refractivity (Wildman–Crippen MR) is 223 cm³/mol. The van der Waals surface area contributed by atoms with Crippen LogP contribution in [0.2, 0.25) is 0 Å². The number of hydrogen-bond acceptors (Lipinski definition) is 20. The van der Waals surface area contributed by atoms with Crippen LogP contribution >= 0.6 is 0 Å². The van der Waals surface area contributed by atoms with Crippen LogP contribution in [0.15, 0.2) is 30.3 Å². The Labute approximate surface area is 483 Å². The van der Waals surface area contributed by atoms with Crippen LogP contribution < -0.4 is 118 Å². The topological polar surface area (TPSA) is 391 Å². The Kier molecular flexibility index (Phi) is 25.8. The zero-order chi connectivity index (χ0) is 48.6. The molecule has 4 aromatic carbocycles. The van der Waals surface area contributed by atoms with Crippen molar-refractivity contribution < 1.29 is 211 Å². The third-order valence-corrected chi connectivity index (χ3v) is 13.5. The van der Waals surface area contributed by atoms with Crippen molar-refractivity contribution in [3.05, 3.63) is 91.5 Å². The Morgan fingerprint density at radius 3 is 0.956 bits per heavy atom. The molecule has 3 atom stereocenters. The van der Waals surface area contributed by atoms with Crippen molar-refractivity contribution in [2.24, 2.45) is 0 Å². The molecule has 20 nitrogen and oxygen atoms in total. The molecule has 0 aromatic heterocycles. The third-order valence-electron chi connectivity index (χ3n) is 10.9. The van der Waals surface area contributed by atoms with Crippen molar-refractivity contribution in [1.29, 1.82) is 0 Å². The molecular weight excluding hydrogens is 1020 g/mol. The largest absolute Gasteiger partial charge is 1.00 e. The molecule has 68 heavy (non-hydrogen) atoms. The molecule has 4 aromatic rings. The molecular formula is C40H46Na4O20S4. The zero-order valence-corrected chi connectivity index (χ0v) is 49.9. The number of benzene rings is 4. The van der Waals surface area contributed by atoms with E-state index in [0.29, 0.717) is 6.42 Å². The van der Waals surface area contributed by atoms with E-state index in [9.17, 15) is 92.7 Å². The Balaban J connectivity index is 0.0000112. The van der Waals surface area contributed by atoms with Crippen LogP contribution in [-0.2, 0) is 69.9 Å². The maximum absolute atomic E-state index is 12.3. The normalized spacial score (nSPS) is 13.2. The molecule has 0 spiro atoms. The van der Waals surface area contributed by atoms with Crippen molar-refractivity contribution in [2.75, 3.05) is 0 Å². The Morgan fingerprint density at radius 2 is 0.662 bits per heavy atom. The van der Waals surface area contributed by atoms with E-state index < -0.39 is 149 Å². The van der Waals surface area contributed by atoms with Crippen LogP contribution in [0.4, 0.5) is 0 Å². The van der Waals surface area contributed by atoms with Gasteiger partial charge in [0, 0.05) is 56.7 Å². The van der Waals surface area contributed by atoms with Crippen LogP contribution in [0.1, 0.15) is 132 Å². The molecule has 3 unspecified atom stereocenters. The van der Waals surface area contributed by atoms with E-state index in [4.69, 9.17) is 0 Å². The summed E-state index contributed by atoms with van der Waals surface area (Å²) in [6.45, 7) is 6.13. The van der Waals surface area contributed by atoms with Gasteiger partial charge < -0.3 is 59.1 Å². The quantitative estimate of drug-likeness (QED) is 0.0319. The second-order valence-corrected chi connectivity index (χ2v) is 20.8. The third kappa shape index (κ3) is 16.0.